The lowest BCUT2D eigenvalue weighted by molar-refractivity contribution is 0.0854. The SMILES string of the molecule is CCOc1ccc(N=c2oc3ccc(Cl)cc3cc2C(=O)NC[C@@H]2CCCO2)cc1. The van der Waals surface area contributed by atoms with Crippen LogP contribution in [0.15, 0.2) is 57.9 Å². The van der Waals surface area contributed by atoms with E-state index in [0.29, 0.717) is 35.0 Å². The van der Waals surface area contributed by atoms with Gasteiger partial charge in [0.05, 0.1) is 18.4 Å². The third kappa shape index (κ3) is 4.83. The Morgan fingerprint density at radius 1 is 1.23 bits per heavy atom. The van der Waals surface area contributed by atoms with Crippen LogP contribution >= 0.6 is 11.6 Å². The van der Waals surface area contributed by atoms with Crippen molar-refractivity contribution in [2.75, 3.05) is 19.8 Å². The highest BCUT2D eigenvalue weighted by Gasteiger charge is 2.18. The van der Waals surface area contributed by atoms with Gasteiger partial charge in [0, 0.05) is 23.6 Å². The van der Waals surface area contributed by atoms with E-state index in [2.05, 4.69) is 10.3 Å². The van der Waals surface area contributed by atoms with Crippen LogP contribution < -0.4 is 15.6 Å². The number of amides is 1. The Hall–Kier alpha value is -2.83. The molecule has 4 rings (SSSR count). The van der Waals surface area contributed by atoms with E-state index in [1.807, 2.05) is 31.2 Å². The Balaban J connectivity index is 1.70. The van der Waals surface area contributed by atoms with Gasteiger partial charge in [-0.15, -0.1) is 0 Å². The third-order valence-corrected chi connectivity index (χ3v) is 5.08. The van der Waals surface area contributed by atoms with Crippen LogP contribution in [0.25, 0.3) is 11.0 Å². The summed E-state index contributed by atoms with van der Waals surface area (Å²) in [6.07, 6.45) is 2.01. The fraction of sp³-hybridized carbons (Fsp3) is 0.304. The summed E-state index contributed by atoms with van der Waals surface area (Å²) >= 11 is 6.11. The normalized spacial score (nSPS) is 16.7. The highest BCUT2D eigenvalue weighted by molar-refractivity contribution is 6.31. The monoisotopic (exact) mass is 426 g/mol. The average molecular weight is 427 g/mol. The van der Waals surface area contributed by atoms with E-state index >= 15 is 0 Å². The second-order valence-corrected chi connectivity index (χ2v) is 7.47. The van der Waals surface area contributed by atoms with E-state index in [0.717, 1.165) is 30.6 Å². The summed E-state index contributed by atoms with van der Waals surface area (Å²) < 4.78 is 17.0. The lowest BCUT2D eigenvalue weighted by atomic mass is 10.1. The smallest absolute Gasteiger partial charge is 0.256 e. The molecule has 1 aromatic heterocycles. The van der Waals surface area contributed by atoms with Crippen molar-refractivity contribution < 1.29 is 18.7 Å². The first-order valence-corrected chi connectivity index (χ1v) is 10.4. The van der Waals surface area contributed by atoms with Gasteiger partial charge in [0.2, 0.25) is 5.55 Å². The highest BCUT2D eigenvalue weighted by Crippen LogP contribution is 2.21. The first-order chi connectivity index (χ1) is 14.6. The van der Waals surface area contributed by atoms with Gasteiger partial charge in [0.15, 0.2) is 0 Å². The van der Waals surface area contributed by atoms with Crippen LogP contribution in [-0.4, -0.2) is 31.8 Å². The van der Waals surface area contributed by atoms with Gasteiger partial charge in [-0.25, -0.2) is 4.99 Å². The van der Waals surface area contributed by atoms with Crippen molar-refractivity contribution in [2.24, 2.45) is 4.99 Å². The summed E-state index contributed by atoms with van der Waals surface area (Å²) in [6, 6.07) is 14.3. The minimum atomic E-state index is -0.263. The van der Waals surface area contributed by atoms with Gasteiger partial charge in [-0.2, -0.15) is 0 Å². The zero-order valence-corrected chi connectivity index (χ0v) is 17.4. The minimum absolute atomic E-state index is 0.0484. The van der Waals surface area contributed by atoms with Crippen molar-refractivity contribution in [1.29, 1.82) is 0 Å². The minimum Gasteiger partial charge on any atom is -0.494 e. The highest BCUT2D eigenvalue weighted by atomic mass is 35.5. The summed E-state index contributed by atoms with van der Waals surface area (Å²) in [5, 5.41) is 4.24. The maximum atomic E-state index is 12.9. The number of hydrogen-bond acceptors (Lipinski definition) is 5. The molecular formula is C23H23ClN2O4. The number of benzene rings is 2. The first kappa shape index (κ1) is 20.4. The van der Waals surface area contributed by atoms with Crippen LogP contribution in [0.1, 0.15) is 30.1 Å². The number of nitrogens with one attached hydrogen (secondary N) is 1. The standard InChI is InChI=1S/C23H23ClN2O4/c1-2-28-18-8-6-17(7-9-18)26-23-20(22(27)25-14-19-4-3-11-29-19)13-15-12-16(24)5-10-21(15)30-23/h5-10,12-13,19H,2-4,11,14H2,1H3,(H,25,27)/t19-/m0/s1. The molecule has 1 aliphatic rings. The van der Waals surface area contributed by atoms with Crippen molar-refractivity contribution >= 4 is 34.2 Å². The number of carbonyl (C=O) groups is 1. The van der Waals surface area contributed by atoms with Gasteiger partial charge in [-0.1, -0.05) is 11.6 Å². The molecule has 30 heavy (non-hydrogen) atoms. The summed E-state index contributed by atoms with van der Waals surface area (Å²) in [5.41, 5.74) is 1.83. The van der Waals surface area contributed by atoms with Crippen LogP contribution in [-0.2, 0) is 4.74 Å². The van der Waals surface area contributed by atoms with E-state index in [-0.39, 0.29) is 17.6 Å². The molecule has 1 amide bonds. The van der Waals surface area contributed by atoms with Crippen LogP contribution in [0.3, 0.4) is 0 Å². The van der Waals surface area contributed by atoms with Crippen molar-refractivity contribution in [3.05, 3.63) is 64.7 Å². The molecule has 2 aromatic carbocycles. The molecule has 1 atom stereocenters. The molecule has 0 radical (unpaired) electrons. The van der Waals surface area contributed by atoms with E-state index in [1.54, 1.807) is 24.3 Å². The number of hydrogen-bond donors (Lipinski definition) is 1. The van der Waals surface area contributed by atoms with Crippen LogP contribution in [0.5, 0.6) is 5.75 Å². The molecule has 7 heteroatoms. The topological polar surface area (TPSA) is 73.1 Å². The molecule has 1 saturated heterocycles. The van der Waals surface area contributed by atoms with Gasteiger partial charge >= 0.3 is 0 Å². The van der Waals surface area contributed by atoms with Crippen molar-refractivity contribution in [3.63, 3.8) is 0 Å². The van der Waals surface area contributed by atoms with Gasteiger partial charge in [0.25, 0.3) is 5.91 Å². The molecule has 3 aromatic rings. The summed E-state index contributed by atoms with van der Waals surface area (Å²) in [5.74, 6) is 0.497. The number of nitrogens with zero attached hydrogens (tertiary/aromatic N) is 1. The van der Waals surface area contributed by atoms with Gasteiger partial charge < -0.3 is 19.2 Å². The average Bonchev–Trinajstić information content (AvgIpc) is 3.27. The van der Waals surface area contributed by atoms with Crippen molar-refractivity contribution in [1.82, 2.24) is 5.32 Å². The second-order valence-electron chi connectivity index (χ2n) is 7.03. The molecule has 6 nitrogen and oxygen atoms in total. The lowest BCUT2D eigenvalue weighted by Gasteiger charge is -2.11. The van der Waals surface area contributed by atoms with E-state index in [1.165, 1.54) is 0 Å². The molecular weight excluding hydrogens is 404 g/mol. The molecule has 0 bridgehead atoms. The van der Waals surface area contributed by atoms with Crippen LogP contribution in [0, 0.1) is 0 Å². The summed E-state index contributed by atoms with van der Waals surface area (Å²) in [7, 11) is 0. The summed E-state index contributed by atoms with van der Waals surface area (Å²) in [4.78, 5) is 17.5. The number of carbonyl (C=O) groups excluding carboxylic acids is 1. The Labute approximate surface area is 179 Å². The van der Waals surface area contributed by atoms with Crippen LogP contribution in [0.4, 0.5) is 5.69 Å². The van der Waals surface area contributed by atoms with Gasteiger partial charge in [-0.3, -0.25) is 4.79 Å². The molecule has 0 unspecified atom stereocenters. The molecule has 1 N–H and O–H groups in total. The molecule has 2 heterocycles. The maximum absolute atomic E-state index is 12.9. The zero-order chi connectivity index (χ0) is 20.9. The first-order valence-electron chi connectivity index (χ1n) is 10.0. The molecule has 1 fully saturated rings. The summed E-state index contributed by atoms with van der Waals surface area (Å²) in [6.45, 7) is 3.71. The Bertz CT molecular complexity index is 1100. The molecule has 1 aliphatic heterocycles. The largest absolute Gasteiger partial charge is 0.494 e. The number of ether oxygens (including phenoxy) is 2. The molecule has 156 valence electrons. The fourth-order valence-electron chi connectivity index (χ4n) is 3.36. The van der Waals surface area contributed by atoms with Crippen molar-refractivity contribution in [2.45, 2.75) is 25.9 Å². The Morgan fingerprint density at radius 2 is 2.07 bits per heavy atom. The Kier molecular flexibility index (Phi) is 6.35. The number of halogens is 1. The maximum Gasteiger partial charge on any atom is 0.256 e. The molecule has 0 aliphatic carbocycles. The number of rotatable bonds is 6. The zero-order valence-electron chi connectivity index (χ0n) is 16.7. The molecule has 0 spiro atoms. The van der Waals surface area contributed by atoms with Gasteiger partial charge in [-0.05, 0) is 68.3 Å². The third-order valence-electron chi connectivity index (χ3n) is 4.85. The number of fused-ring (bicyclic) bond motifs is 1. The van der Waals surface area contributed by atoms with Gasteiger partial charge in [0.1, 0.15) is 16.9 Å². The second kappa shape index (κ2) is 9.32. The fourth-order valence-corrected chi connectivity index (χ4v) is 3.54. The van der Waals surface area contributed by atoms with Crippen LogP contribution in [0.2, 0.25) is 5.02 Å². The Morgan fingerprint density at radius 3 is 2.80 bits per heavy atom. The van der Waals surface area contributed by atoms with E-state index in [9.17, 15) is 4.79 Å². The lowest BCUT2D eigenvalue weighted by Crippen LogP contribution is -2.34. The van der Waals surface area contributed by atoms with Crippen molar-refractivity contribution in [3.8, 4) is 5.75 Å². The predicted molar refractivity (Wildman–Crippen MR) is 115 cm³/mol. The molecule has 0 saturated carbocycles. The predicted octanol–water partition coefficient (Wildman–Crippen LogP) is 4.63. The van der Waals surface area contributed by atoms with E-state index in [4.69, 9.17) is 25.5 Å². The quantitative estimate of drug-likeness (QED) is 0.623. The van der Waals surface area contributed by atoms with E-state index < -0.39 is 0 Å².